The van der Waals surface area contributed by atoms with Gasteiger partial charge in [0.05, 0.1) is 0 Å². The molecule has 0 bridgehead atoms. The van der Waals surface area contributed by atoms with Gasteiger partial charge < -0.3 is 4.74 Å². The third kappa shape index (κ3) is 4.04. The Morgan fingerprint density at radius 2 is 2.32 bits per heavy atom. The molecule has 1 N–H and O–H groups in total. The van der Waals surface area contributed by atoms with Crippen LogP contribution in [0.3, 0.4) is 0 Å². The van der Waals surface area contributed by atoms with Crippen molar-refractivity contribution in [2.75, 3.05) is 11.9 Å². The zero-order valence-corrected chi connectivity index (χ0v) is 12.5. The second-order valence-electron chi connectivity index (χ2n) is 4.10. The van der Waals surface area contributed by atoms with E-state index in [2.05, 4.69) is 16.9 Å². The molecular formula is C16H13N3O2S. The molecule has 0 aliphatic heterocycles. The van der Waals surface area contributed by atoms with E-state index >= 15 is 0 Å². The summed E-state index contributed by atoms with van der Waals surface area (Å²) in [6.45, 7) is 3.94. The molecule has 1 aromatic heterocycles. The smallest absolute Gasteiger partial charge is 0.268 e. The molecule has 22 heavy (non-hydrogen) atoms. The van der Waals surface area contributed by atoms with Gasteiger partial charge in [-0.1, -0.05) is 30.9 Å². The van der Waals surface area contributed by atoms with Crippen molar-refractivity contribution in [3.8, 4) is 11.8 Å². The average molecular weight is 311 g/mol. The summed E-state index contributed by atoms with van der Waals surface area (Å²) in [6, 6.07) is 9.06. The second kappa shape index (κ2) is 7.76. The maximum atomic E-state index is 12.1. The van der Waals surface area contributed by atoms with E-state index in [0.717, 1.165) is 0 Å². The Morgan fingerprint density at radius 1 is 1.50 bits per heavy atom. The number of benzene rings is 1. The van der Waals surface area contributed by atoms with Gasteiger partial charge in [-0.05, 0) is 12.1 Å². The molecule has 2 aromatic rings. The lowest BCUT2D eigenvalue weighted by molar-refractivity contribution is -0.112. The highest BCUT2D eigenvalue weighted by atomic mass is 32.1. The van der Waals surface area contributed by atoms with Gasteiger partial charge >= 0.3 is 0 Å². The van der Waals surface area contributed by atoms with Crippen molar-refractivity contribution in [2.24, 2.45) is 0 Å². The van der Waals surface area contributed by atoms with Crippen molar-refractivity contribution in [3.63, 3.8) is 0 Å². The predicted octanol–water partition coefficient (Wildman–Crippen LogP) is 3.25. The van der Waals surface area contributed by atoms with Gasteiger partial charge in [0.2, 0.25) is 0 Å². The van der Waals surface area contributed by atoms with Crippen molar-refractivity contribution >= 4 is 28.5 Å². The van der Waals surface area contributed by atoms with E-state index in [0.29, 0.717) is 23.1 Å². The molecule has 0 aliphatic rings. The van der Waals surface area contributed by atoms with Crippen molar-refractivity contribution in [3.05, 3.63) is 59.6 Å². The number of hydrogen-bond donors (Lipinski definition) is 1. The molecule has 1 heterocycles. The number of nitriles is 1. The summed E-state index contributed by atoms with van der Waals surface area (Å²) >= 11 is 1.28. The standard InChI is InChI=1S/C16H13N3O2S/c1-2-8-21-14-6-4-3-5-12(14)10-13(11-17)15(20)19-16-18-7-9-22-16/h2-7,9-10H,1,8H2,(H,18,19,20)/b13-10+. The van der Waals surface area contributed by atoms with Crippen molar-refractivity contribution in [1.82, 2.24) is 4.98 Å². The molecular weight excluding hydrogens is 298 g/mol. The van der Waals surface area contributed by atoms with E-state index in [1.165, 1.54) is 17.4 Å². The van der Waals surface area contributed by atoms with Crippen LogP contribution in [0, 0.1) is 11.3 Å². The molecule has 0 fully saturated rings. The van der Waals surface area contributed by atoms with E-state index in [4.69, 9.17) is 4.74 Å². The molecule has 6 heteroatoms. The zero-order valence-electron chi connectivity index (χ0n) is 11.7. The van der Waals surface area contributed by atoms with Crippen LogP contribution in [-0.4, -0.2) is 17.5 Å². The first-order valence-electron chi connectivity index (χ1n) is 6.40. The van der Waals surface area contributed by atoms with Crippen LogP contribution in [-0.2, 0) is 4.79 Å². The summed E-state index contributed by atoms with van der Waals surface area (Å²) in [5.41, 5.74) is 0.625. The Kier molecular flexibility index (Phi) is 5.46. The summed E-state index contributed by atoms with van der Waals surface area (Å²) in [5.74, 6) is 0.0770. The second-order valence-corrected chi connectivity index (χ2v) is 4.99. The molecule has 0 atom stereocenters. The van der Waals surface area contributed by atoms with E-state index in [9.17, 15) is 10.1 Å². The number of nitrogens with one attached hydrogen (secondary N) is 1. The van der Waals surface area contributed by atoms with Crippen LogP contribution in [0.25, 0.3) is 6.08 Å². The molecule has 1 amide bonds. The van der Waals surface area contributed by atoms with Crippen molar-refractivity contribution in [2.45, 2.75) is 0 Å². The van der Waals surface area contributed by atoms with Crippen LogP contribution < -0.4 is 10.1 Å². The third-order valence-electron chi connectivity index (χ3n) is 2.59. The van der Waals surface area contributed by atoms with E-state index in [1.54, 1.807) is 35.9 Å². The van der Waals surface area contributed by atoms with Gasteiger partial charge in [0.1, 0.15) is 24.0 Å². The number of anilines is 1. The SMILES string of the molecule is C=CCOc1ccccc1/C=C(\C#N)C(=O)Nc1nccs1. The van der Waals surface area contributed by atoms with E-state index in [-0.39, 0.29) is 5.57 Å². The first-order valence-corrected chi connectivity index (χ1v) is 7.28. The Balaban J connectivity index is 2.23. The fourth-order valence-electron chi connectivity index (χ4n) is 1.63. The largest absolute Gasteiger partial charge is 0.489 e. The number of aromatic nitrogens is 1. The summed E-state index contributed by atoms with van der Waals surface area (Å²) in [5, 5.41) is 14.0. The summed E-state index contributed by atoms with van der Waals surface area (Å²) in [4.78, 5) is 16.0. The van der Waals surface area contributed by atoms with E-state index in [1.807, 2.05) is 12.1 Å². The lowest BCUT2D eigenvalue weighted by Gasteiger charge is -2.07. The van der Waals surface area contributed by atoms with Crippen LogP contribution in [0.4, 0.5) is 5.13 Å². The van der Waals surface area contributed by atoms with Gasteiger partial charge in [0.15, 0.2) is 5.13 Å². The van der Waals surface area contributed by atoms with Gasteiger partial charge in [-0.15, -0.1) is 11.3 Å². The summed E-state index contributed by atoms with van der Waals surface area (Å²) in [7, 11) is 0. The van der Waals surface area contributed by atoms with Gasteiger partial charge in [-0.25, -0.2) is 4.98 Å². The van der Waals surface area contributed by atoms with Crippen molar-refractivity contribution in [1.29, 1.82) is 5.26 Å². The number of nitrogens with zero attached hydrogens (tertiary/aromatic N) is 2. The zero-order chi connectivity index (χ0) is 15.8. The quantitative estimate of drug-likeness (QED) is 0.505. The monoisotopic (exact) mass is 311 g/mol. The maximum Gasteiger partial charge on any atom is 0.268 e. The minimum Gasteiger partial charge on any atom is -0.489 e. The fourth-order valence-corrected chi connectivity index (χ4v) is 2.16. The number of rotatable bonds is 6. The fraction of sp³-hybridized carbons (Fsp3) is 0.0625. The Hall–Kier alpha value is -2.91. The lowest BCUT2D eigenvalue weighted by atomic mass is 10.1. The minimum absolute atomic E-state index is 0.0233. The van der Waals surface area contributed by atoms with Gasteiger partial charge in [0, 0.05) is 17.1 Å². The summed E-state index contributed by atoms with van der Waals surface area (Å²) in [6.07, 6.45) is 4.69. The van der Waals surface area contributed by atoms with Crippen LogP contribution in [0.5, 0.6) is 5.75 Å². The number of ether oxygens (including phenoxy) is 1. The Bertz CT molecular complexity index is 730. The molecule has 0 radical (unpaired) electrons. The van der Waals surface area contributed by atoms with Crippen molar-refractivity contribution < 1.29 is 9.53 Å². The number of carbonyl (C=O) groups is 1. The highest BCUT2D eigenvalue weighted by Crippen LogP contribution is 2.21. The molecule has 5 nitrogen and oxygen atoms in total. The number of thiazole rings is 1. The number of hydrogen-bond acceptors (Lipinski definition) is 5. The minimum atomic E-state index is -0.504. The molecule has 0 saturated heterocycles. The maximum absolute atomic E-state index is 12.1. The molecule has 0 unspecified atom stereocenters. The lowest BCUT2D eigenvalue weighted by Crippen LogP contribution is -2.13. The first kappa shape index (κ1) is 15.5. The average Bonchev–Trinajstić information content (AvgIpc) is 3.04. The van der Waals surface area contributed by atoms with Crippen LogP contribution in [0.1, 0.15) is 5.56 Å². The number of para-hydroxylation sites is 1. The third-order valence-corrected chi connectivity index (χ3v) is 3.28. The highest BCUT2D eigenvalue weighted by Gasteiger charge is 2.12. The molecule has 110 valence electrons. The first-order chi connectivity index (χ1) is 10.7. The van der Waals surface area contributed by atoms with Gasteiger partial charge in [0.25, 0.3) is 5.91 Å². The van der Waals surface area contributed by atoms with Crippen LogP contribution in [0.15, 0.2) is 54.1 Å². The molecule has 0 spiro atoms. The Labute approximate surface area is 132 Å². The normalized spacial score (nSPS) is 10.6. The summed E-state index contributed by atoms with van der Waals surface area (Å²) < 4.78 is 5.50. The number of carbonyl (C=O) groups excluding carboxylic acids is 1. The highest BCUT2D eigenvalue weighted by molar-refractivity contribution is 7.13. The van der Waals surface area contributed by atoms with Gasteiger partial charge in [-0.2, -0.15) is 5.26 Å². The number of amides is 1. The molecule has 2 rings (SSSR count). The van der Waals surface area contributed by atoms with E-state index < -0.39 is 5.91 Å². The molecule has 1 aromatic carbocycles. The topological polar surface area (TPSA) is 75.0 Å². The van der Waals surface area contributed by atoms with Crippen LogP contribution in [0.2, 0.25) is 0 Å². The molecule has 0 aliphatic carbocycles. The van der Waals surface area contributed by atoms with Gasteiger partial charge in [-0.3, -0.25) is 10.1 Å². The Morgan fingerprint density at radius 3 is 3.00 bits per heavy atom. The van der Waals surface area contributed by atoms with Crippen LogP contribution >= 0.6 is 11.3 Å². The molecule has 0 saturated carbocycles. The predicted molar refractivity (Wildman–Crippen MR) is 86.5 cm³/mol.